The van der Waals surface area contributed by atoms with Gasteiger partial charge in [-0.3, -0.25) is 0 Å². The second-order valence-electron chi connectivity index (χ2n) is 2.50. The predicted molar refractivity (Wildman–Crippen MR) is 52.1 cm³/mol. The smallest absolute Gasteiger partial charge is 0.160 e. The summed E-state index contributed by atoms with van der Waals surface area (Å²) < 4.78 is 5.15. The molecule has 1 unspecified atom stereocenters. The van der Waals surface area contributed by atoms with E-state index in [-0.39, 0.29) is 6.10 Å². The van der Waals surface area contributed by atoms with Gasteiger partial charge < -0.3 is 4.74 Å². The summed E-state index contributed by atoms with van der Waals surface area (Å²) in [5.41, 5.74) is 0. The summed E-state index contributed by atoms with van der Waals surface area (Å²) in [7, 11) is 1.60. The monoisotopic (exact) mass is 220 g/mol. The van der Waals surface area contributed by atoms with Gasteiger partial charge in [0.05, 0.1) is 0 Å². The van der Waals surface area contributed by atoms with E-state index >= 15 is 0 Å². The average Bonchev–Trinajstić information content (AvgIpc) is 2.04. The lowest BCUT2D eigenvalue weighted by atomic mass is 10.2. The van der Waals surface area contributed by atoms with E-state index in [2.05, 4.69) is 9.97 Å². The normalized spacial score (nSPS) is 12.9. The molecule has 1 heterocycles. The summed E-state index contributed by atoms with van der Waals surface area (Å²) in [6, 6.07) is 1.50. The molecule has 0 fully saturated rings. The van der Waals surface area contributed by atoms with Crippen LogP contribution in [0.15, 0.2) is 6.07 Å². The number of aromatic nitrogens is 2. The van der Waals surface area contributed by atoms with E-state index in [1.165, 1.54) is 6.07 Å². The Kier molecular flexibility index (Phi) is 3.90. The van der Waals surface area contributed by atoms with Gasteiger partial charge in [-0.1, -0.05) is 30.1 Å². The third-order valence-corrected chi connectivity index (χ3v) is 2.01. The topological polar surface area (TPSA) is 35.0 Å². The van der Waals surface area contributed by atoms with Crippen LogP contribution in [0.1, 0.15) is 25.3 Å². The maximum atomic E-state index is 5.72. The fourth-order valence-corrected chi connectivity index (χ4v) is 1.44. The highest BCUT2D eigenvalue weighted by molar-refractivity contribution is 6.33. The number of hydrogen-bond acceptors (Lipinski definition) is 3. The van der Waals surface area contributed by atoms with Crippen molar-refractivity contribution in [1.29, 1.82) is 0 Å². The second-order valence-corrected chi connectivity index (χ2v) is 3.28. The molecule has 0 aliphatic heterocycles. The molecule has 0 aromatic carbocycles. The van der Waals surface area contributed by atoms with Gasteiger partial charge in [0.1, 0.15) is 16.4 Å². The first-order chi connectivity index (χ1) is 6.17. The Morgan fingerprint density at radius 1 is 1.38 bits per heavy atom. The molecule has 0 spiro atoms. The van der Waals surface area contributed by atoms with Gasteiger partial charge in [0.2, 0.25) is 0 Å². The Labute approximate surface area is 87.1 Å². The largest absolute Gasteiger partial charge is 0.373 e. The van der Waals surface area contributed by atoms with Crippen molar-refractivity contribution in [2.75, 3.05) is 7.11 Å². The fraction of sp³-hybridized carbons (Fsp3) is 0.500. The first-order valence-corrected chi connectivity index (χ1v) is 4.65. The van der Waals surface area contributed by atoms with Crippen LogP contribution in [0.2, 0.25) is 10.3 Å². The lowest BCUT2D eigenvalue weighted by Crippen LogP contribution is -2.05. The van der Waals surface area contributed by atoms with E-state index in [0.29, 0.717) is 16.1 Å². The van der Waals surface area contributed by atoms with Crippen LogP contribution < -0.4 is 0 Å². The van der Waals surface area contributed by atoms with Crippen molar-refractivity contribution < 1.29 is 4.74 Å². The van der Waals surface area contributed by atoms with E-state index < -0.39 is 0 Å². The molecule has 0 aliphatic rings. The van der Waals surface area contributed by atoms with Crippen LogP contribution in [0.5, 0.6) is 0 Å². The first kappa shape index (κ1) is 10.7. The fourth-order valence-electron chi connectivity index (χ4n) is 1.01. The first-order valence-electron chi connectivity index (χ1n) is 3.90. The van der Waals surface area contributed by atoms with Crippen molar-refractivity contribution in [3.63, 3.8) is 0 Å². The van der Waals surface area contributed by atoms with Crippen molar-refractivity contribution in [1.82, 2.24) is 9.97 Å². The van der Waals surface area contributed by atoms with Crippen LogP contribution >= 0.6 is 23.2 Å². The van der Waals surface area contributed by atoms with Gasteiger partial charge in [-0.25, -0.2) is 9.97 Å². The van der Waals surface area contributed by atoms with Crippen LogP contribution in [0.3, 0.4) is 0 Å². The molecular weight excluding hydrogens is 211 g/mol. The van der Waals surface area contributed by atoms with Crippen molar-refractivity contribution in [2.24, 2.45) is 0 Å². The van der Waals surface area contributed by atoms with Crippen molar-refractivity contribution in [2.45, 2.75) is 19.4 Å². The number of methoxy groups -OCH3 is 1. The Hall–Kier alpha value is -0.380. The molecule has 3 nitrogen and oxygen atoms in total. The zero-order chi connectivity index (χ0) is 9.84. The molecule has 0 bridgehead atoms. The van der Waals surface area contributed by atoms with Crippen LogP contribution in [0, 0.1) is 0 Å². The van der Waals surface area contributed by atoms with Crippen LogP contribution in [-0.4, -0.2) is 17.1 Å². The van der Waals surface area contributed by atoms with Crippen LogP contribution in [0.4, 0.5) is 0 Å². The molecule has 0 radical (unpaired) electrons. The van der Waals surface area contributed by atoms with Crippen LogP contribution in [0.25, 0.3) is 0 Å². The van der Waals surface area contributed by atoms with Gasteiger partial charge >= 0.3 is 0 Å². The number of ether oxygens (including phenoxy) is 1. The number of hydrogen-bond donors (Lipinski definition) is 0. The zero-order valence-electron chi connectivity index (χ0n) is 7.42. The van der Waals surface area contributed by atoms with Gasteiger partial charge in [0, 0.05) is 13.2 Å². The lowest BCUT2D eigenvalue weighted by Gasteiger charge is -2.11. The highest BCUT2D eigenvalue weighted by atomic mass is 35.5. The molecule has 1 aromatic heterocycles. The summed E-state index contributed by atoms with van der Waals surface area (Å²) in [5.74, 6) is 0.530. The minimum absolute atomic E-state index is 0.142. The summed E-state index contributed by atoms with van der Waals surface area (Å²) in [6.07, 6.45) is 0.642. The molecule has 1 atom stereocenters. The number of rotatable bonds is 3. The van der Waals surface area contributed by atoms with Crippen molar-refractivity contribution in [3.05, 3.63) is 22.2 Å². The van der Waals surface area contributed by atoms with E-state index in [4.69, 9.17) is 27.9 Å². The third kappa shape index (κ3) is 2.79. The van der Waals surface area contributed by atoms with Crippen LogP contribution in [-0.2, 0) is 4.74 Å². The summed E-state index contributed by atoms with van der Waals surface area (Å²) in [4.78, 5) is 8.04. The second kappa shape index (κ2) is 4.74. The number of nitrogens with zero attached hydrogens (tertiary/aromatic N) is 2. The molecule has 1 aromatic rings. The lowest BCUT2D eigenvalue weighted by molar-refractivity contribution is 0.0926. The van der Waals surface area contributed by atoms with Gasteiger partial charge in [-0.05, 0) is 6.42 Å². The van der Waals surface area contributed by atoms with Gasteiger partial charge in [0.15, 0.2) is 5.82 Å². The van der Waals surface area contributed by atoms with E-state index in [9.17, 15) is 0 Å². The summed E-state index contributed by atoms with van der Waals surface area (Å²) >= 11 is 11.4. The molecule has 0 N–H and O–H groups in total. The minimum atomic E-state index is -0.142. The molecule has 72 valence electrons. The molecule has 1 rings (SSSR count). The molecular formula is C8H10Cl2N2O. The highest BCUT2D eigenvalue weighted by Gasteiger charge is 2.12. The molecule has 0 saturated carbocycles. The minimum Gasteiger partial charge on any atom is -0.373 e. The van der Waals surface area contributed by atoms with Crippen molar-refractivity contribution >= 4 is 23.2 Å². The predicted octanol–water partition coefficient (Wildman–Crippen LogP) is 2.88. The molecule has 0 saturated heterocycles. The van der Waals surface area contributed by atoms with Gasteiger partial charge in [0.25, 0.3) is 0 Å². The Bertz CT molecular complexity index is 269. The molecule has 5 heteroatoms. The van der Waals surface area contributed by atoms with Gasteiger partial charge in [-0.15, -0.1) is 0 Å². The molecule has 0 aliphatic carbocycles. The van der Waals surface area contributed by atoms with E-state index in [1.807, 2.05) is 6.92 Å². The Morgan fingerprint density at radius 2 is 1.92 bits per heavy atom. The summed E-state index contributed by atoms with van der Waals surface area (Å²) in [6.45, 7) is 1.98. The number of halogens is 2. The Morgan fingerprint density at radius 3 is 2.31 bits per heavy atom. The molecule has 13 heavy (non-hydrogen) atoms. The zero-order valence-corrected chi connectivity index (χ0v) is 8.93. The van der Waals surface area contributed by atoms with E-state index in [0.717, 1.165) is 6.42 Å². The molecule has 0 amide bonds. The standard InChI is InChI=1S/C8H10Cl2N2O/c1-3-5(13-2)8-11-6(9)4-7(10)12-8/h4-5H,3H2,1-2H3. The SMILES string of the molecule is CCC(OC)c1nc(Cl)cc(Cl)n1. The maximum Gasteiger partial charge on any atom is 0.160 e. The maximum absolute atomic E-state index is 5.72. The van der Waals surface area contributed by atoms with E-state index in [1.54, 1.807) is 7.11 Å². The third-order valence-electron chi connectivity index (χ3n) is 1.62. The van der Waals surface area contributed by atoms with Gasteiger partial charge in [-0.2, -0.15) is 0 Å². The summed E-state index contributed by atoms with van der Waals surface area (Å²) in [5, 5.41) is 0.677. The van der Waals surface area contributed by atoms with Crippen molar-refractivity contribution in [3.8, 4) is 0 Å². The average molecular weight is 221 g/mol. The quantitative estimate of drug-likeness (QED) is 0.736. The highest BCUT2D eigenvalue weighted by Crippen LogP contribution is 2.20. The Balaban J connectivity index is 2.99.